The predicted molar refractivity (Wildman–Crippen MR) is 64.7 cm³/mol. The van der Waals surface area contributed by atoms with Crippen LogP contribution in [0.25, 0.3) is 0 Å². The van der Waals surface area contributed by atoms with Crippen molar-refractivity contribution in [1.29, 1.82) is 0 Å². The van der Waals surface area contributed by atoms with Crippen molar-refractivity contribution in [1.82, 2.24) is 5.32 Å². The van der Waals surface area contributed by atoms with Gasteiger partial charge in [0.05, 0.1) is 12.2 Å². The summed E-state index contributed by atoms with van der Waals surface area (Å²) in [5.41, 5.74) is 0.0875. The molecule has 0 aliphatic carbocycles. The van der Waals surface area contributed by atoms with Gasteiger partial charge in [0.2, 0.25) is 0 Å². The molecule has 0 radical (unpaired) electrons. The first kappa shape index (κ1) is 12.3. The van der Waals surface area contributed by atoms with Crippen molar-refractivity contribution in [2.45, 2.75) is 57.1 Å². The summed E-state index contributed by atoms with van der Waals surface area (Å²) < 4.78 is 11.6. The van der Waals surface area contributed by atoms with Gasteiger partial charge in [-0.1, -0.05) is 26.2 Å². The highest BCUT2D eigenvalue weighted by molar-refractivity contribution is 4.97. The van der Waals surface area contributed by atoms with Crippen LogP contribution < -0.4 is 5.32 Å². The molecule has 3 heteroatoms. The first-order valence-electron chi connectivity index (χ1n) is 6.82. The van der Waals surface area contributed by atoms with Gasteiger partial charge in [-0.2, -0.15) is 0 Å². The van der Waals surface area contributed by atoms with E-state index in [-0.39, 0.29) is 5.60 Å². The van der Waals surface area contributed by atoms with Gasteiger partial charge in [0.1, 0.15) is 0 Å². The molecule has 16 heavy (non-hydrogen) atoms. The van der Waals surface area contributed by atoms with Crippen LogP contribution >= 0.6 is 0 Å². The molecule has 2 rings (SSSR count). The van der Waals surface area contributed by atoms with E-state index in [0.717, 1.165) is 39.2 Å². The molecule has 1 unspecified atom stereocenters. The number of rotatable bonds is 4. The minimum absolute atomic E-state index is 0.0875. The third-order valence-corrected chi connectivity index (χ3v) is 3.95. The van der Waals surface area contributed by atoms with Gasteiger partial charge in [-0.05, 0) is 6.42 Å². The minimum Gasteiger partial charge on any atom is -0.381 e. The van der Waals surface area contributed by atoms with Gasteiger partial charge in [0, 0.05) is 38.6 Å². The number of hydrogen-bond donors (Lipinski definition) is 1. The molecule has 0 bridgehead atoms. The summed E-state index contributed by atoms with van der Waals surface area (Å²) in [5.74, 6) is 0. The van der Waals surface area contributed by atoms with Crippen molar-refractivity contribution in [2.75, 3.05) is 26.4 Å². The molecule has 2 heterocycles. The molecular formula is C13H25NO2. The molecular weight excluding hydrogens is 202 g/mol. The Balaban J connectivity index is 1.90. The predicted octanol–water partition coefficient (Wildman–Crippen LogP) is 2.10. The minimum atomic E-state index is 0.0875. The molecule has 0 aromatic heterocycles. The van der Waals surface area contributed by atoms with Crippen molar-refractivity contribution in [3.8, 4) is 0 Å². The van der Waals surface area contributed by atoms with E-state index in [2.05, 4.69) is 12.2 Å². The Morgan fingerprint density at radius 1 is 1.19 bits per heavy atom. The van der Waals surface area contributed by atoms with Gasteiger partial charge >= 0.3 is 0 Å². The lowest BCUT2D eigenvalue weighted by Gasteiger charge is -2.46. The van der Waals surface area contributed by atoms with Crippen LogP contribution in [0.1, 0.15) is 45.4 Å². The lowest BCUT2D eigenvalue weighted by molar-refractivity contribution is -0.149. The van der Waals surface area contributed by atoms with E-state index in [1.165, 1.54) is 25.7 Å². The molecule has 2 aliphatic heterocycles. The van der Waals surface area contributed by atoms with E-state index >= 15 is 0 Å². The average molecular weight is 227 g/mol. The smallest absolute Gasteiger partial charge is 0.0879 e. The van der Waals surface area contributed by atoms with Crippen LogP contribution in [0.3, 0.4) is 0 Å². The van der Waals surface area contributed by atoms with Crippen LogP contribution in [0.5, 0.6) is 0 Å². The maximum Gasteiger partial charge on any atom is 0.0879 e. The molecule has 0 amide bonds. The van der Waals surface area contributed by atoms with Crippen LogP contribution in [0, 0.1) is 0 Å². The molecule has 2 saturated heterocycles. The first-order chi connectivity index (χ1) is 7.87. The molecule has 0 aromatic carbocycles. The van der Waals surface area contributed by atoms with Gasteiger partial charge in [-0.25, -0.2) is 0 Å². The molecule has 3 nitrogen and oxygen atoms in total. The van der Waals surface area contributed by atoms with Gasteiger partial charge in [-0.3, -0.25) is 0 Å². The van der Waals surface area contributed by atoms with E-state index in [1.807, 2.05) is 0 Å². The van der Waals surface area contributed by atoms with Crippen LogP contribution in [-0.4, -0.2) is 38.0 Å². The summed E-state index contributed by atoms with van der Waals surface area (Å²) in [4.78, 5) is 0. The van der Waals surface area contributed by atoms with Gasteiger partial charge in [-0.15, -0.1) is 0 Å². The van der Waals surface area contributed by atoms with E-state index in [1.54, 1.807) is 0 Å². The highest BCUT2D eigenvalue weighted by atomic mass is 16.5. The standard InChI is InChI=1S/C13H25NO2/c1-2-3-4-5-12-13(16-11-8-14-12)6-9-15-10-7-13/h12,14H,2-11H2,1H3. The van der Waals surface area contributed by atoms with Crippen molar-refractivity contribution in [2.24, 2.45) is 0 Å². The molecule has 2 fully saturated rings. The molecule has 2 aliphatic rings. The highest BCUT2D eigenvalue weighted by Gasteiger charge is 2.42. The second-order valence-corrected chi connectivity index (χ2v) is 5.03. The summed E-state index contributed by atoms with van der Waals surface area (Å²) in [7, 11) is 0. The fourth-order valence-corrected chi connectivity index (χ4v) is 2.95. The zero-order chi connectivity index (χ0) is 11.3. The maximum atomic E-state index is 6.11. The summed E-state index contributed by atoms with van der Waals surface area (Å²) >= 11 is 0. The van der Waals surface area contributed by atoms with Crippen molar-refractivity contribution in [3.63, 3.8) is 0 Å². The Bertz CT molecular complexity index is 194. The lowest BCUT2D eigenvalue weighted by atomic mass is 9.82. The third kappa shape index (κ3) is 2.76. The van der Waals surface area contributed by atoms with E-state index in [0.29, 0.717) is 6.04 Å². The number of ether oxygens (including phenoxy) is 2. The van der Waals surface area contributed by atoms with Crippen LogP contribution in [0.15, 0.2) is 0 Å². The average Bonchev–Trinajstić information content (AvgIpc) is 2.33. The Kier molecular flexibility index (Phi) is 4.62. The van der Waals surface area contributed by atoms with E-state index in [4.69, 9.17) is 9.47 Å². The van der Waals surface area contributed by atoms with Gasteiger partial charge < -0.3 is 14.8 Å². The molecule has 0 aromatic rings. The Morgan fingerprint density at radius 3 is 2.75 bits per heavy atom. The second kappa shape index (κ2) is 5.99. The number of morpholine rings is 1. The van der Waals surface area contributed by atoms with Crippen molar-refractivity contribution < 1.29 is 9.47 Å². The Labute approximate surface area is 98.9 Å². The van der Waals surface area contributed by atoms with Crippen LogP contribution in [-0.2, 0) is 9.47 Å². The molecule has 94 valence electrons. The Morgan fingerprint density at radius 2 is 2.00 bits per heavy atom. The molecule has 1 atom stereocenters. The molecule has 1 spiro atoms. The van der Waals surface area contributed by atoms with Crippen LogP contribution in [0.4, 0.5) is 0 Å². The number of unbranched alkanes of at least 4 members (excludes halogenated alkanes) is 2. The second-order valence-electron chi connectivity index (χ2n) is 5.03. The zero-order valence-electron chi connectivity index (χ0n) is 10.5. The normalized spacial score (nSPS) is 29.4. The third-order valence-electron chi connectivity index (χ3n) is 3.95. The summed E-state index contributed by atoms with van der Waals surface area (Å²) in [5, 5.41) is 3.66. The monoisotopic (exact) mass is 227 g/mol. The fourth-order valence-electron chi connectivity index (χ4n) is 2.95. The summed E-state index contributed by atoms with van der Waals surface area (Å²) in [6.07, 6.45) is 7.34. The number of nitrogens with one attached hydrogen (secondary N) is 1. The highest BCUT2D eigenvalue weighted by Crippen LogP contribution is 2.33. The maximum absolute atomic E-state index is 6.11. The topological polar surface area (TPSA) is 30.5 Å². The van der Waals surface area contributed by atoms with Crippen molar-refractivity contribution >= 4 is 0 Å². The Hall–Kier alpha value is -0.120. The SMILES string of the molecule is CCCCCC1NCCOC12CCOCC2. The first-order valence-corrected chi connectivity index (χ1v) is 6.82. The van der Waals surface area contributed by atoms with Gasteiger partial charge in [0.15, 0.2) is 0 Å². The summed E-state index contributed by atoms with van der Waals surface area (Å²) in [6, 6.07) is 0.552. The molecule has 1 N–H and O–H groups in total. The fraction of sp³-hybridized carbons (Fsp3) is 1.00. The lowest BCUT2D eigenvalue weighted by Crippen LogP contribution is -2.60. The van der Waals surface area contributed by atoms with Crippen LogP contribution in [0.2, 0.25) is 0 Å². The van der Waals surface area contributed by atoms with Crippen molar-refractivity contribution in [3.05, 3.63) is 0 Å². The number of hydrogen-bond acceptors (Lipinski definition) is 3. The van der Waals surface area contributed by atoms with E-state index < -0.39 is 0 Å². The van der Waals surface area contributed by atoms with Gasteiger partial charge in [0.25, 0.3) is 0 Å². The van der Waals surface area contributed by atoms with E-state index in [9.17, 15) is 0 Å². The largest absolute Gasteiger partial charge is 0.381 e. The zero-order valence-corrected chi connectivity index (χ0v) is 10.5. The summed E-state index contributed by atoms with van der Waals surface area (Å²) in [6.45, 7) is 5.87. The molecule has 0 saturated carbocycles. The quantitative estimate of drug-likeness (QED) is 0.746.